The summed E-state index contributed by atoms with van der Waals surface area (Å²) < 4.78 is 0. The van der Waals surface area contributed by atoms with Gasteiger partial charge in [0.15, 0.2) is 0 Å². The number of rotatable bonds is 7. The van der Waals surface area contributed by atoms with Crippen LogP contribution >= 0.6 is 0 Å². The van der Waals surface area contributed by atoms with Crippen LogP contribution in [0.15, 0.2) is 30.3 Å². The molecular formula is C14H21N3O2. The predicted molar refractivity (Wildman–Crippen MR) is 74.4 cm³/mol. The molecule has 104 valence electrons. The van der Waals surface area contributed by atoms with Gasteiger partial charge in [0, 0.05) is 20.0 Å². The summed E-state index contributed by atoms with van der Waals surface area (Å²) in [4.78, 5) is 22.4. The van der Waals surface area contributed by atoms with Crippen LogP contribution in [0.4, 0.5) is 0 Å². The maximum absolute atomic E-state index is 11.7. The number of hydrogen-bond acceptors (Lipinski definition) is 3. The summed E-state index contributed by atoms with van der Waals surface area (Å²) in [6.07, 6.45) is 1.22. The van der Waals surface area contributed by atoms with Crippen LogP contribution in [-0.2, 0) is 16.0 Å². The maximum atomic E-state index is 11.7. The van der Waals surface area contributed by atoms with Gasteiger partial charge >= 0.3 is 0 Å². The Morgan fingerprint density at radius 1 is 1.16 bits per heavy atom. The molecule has 1 rings (SSSR count). The van der Waals surface area contributed by atoms with Gasteiger partial charge in [0.05, 0.1) is 6.04 Å². The second-order valence-corrected chi connectivity index (χ2v) is 4.42. The Labute approximate surface area is 113 Å². The molecule has 0 aliphatic heterocycles. The van der Waals surface area contributed by atoms with Gasteiger partial charge in [-0.05, 0) is 18.4 Å². The Kier molecular flexibility index (Phi) is 6.60. The van der Waals surface area contributed by atoms with E-state index < -0.39 is 6.04 Å². The highest BCUT2D eigenvalue weighted by Crippen LogP contribution is 2.01. The lowest BCUT2D eigenvalue weighted by Gasteiger charge is -2.12. The third-order valence-electron chi connectivity index (χ3n) is 2.66. The molecule has 0 aliphatic carbocycles. The molecule has 0 bridgehead atoms. The molecule has 0 saturated carbocycles. The average molecular weight is 263 g/mol. The van der Waals surface area contributed by atoms with Crippen molar-refractivity contribution >= 4 is 11.8 Å². The molecule has 0 aromatic heterocycles. The SMILES string of the molecule is CC(=O)NCCCNC(=O)[C@@H](N)Cc1ccccc1. The summed E-state index contributed by atoms with van der Waals surface area (Å²) in [5.41, 5.74) is 6.88. The first-order valence-corrected chi connectivity index (χ1v) is 6.41. The minimum atomic E-state index is -0.539. The van der Waals surface area contributed by atoms with E-state index in [1.165, 1.54) is 6.92 Å². The smallest absolute Gasteiger partial charge is 0.237 e. The molecular weight excluding hydrogens is 242 g/mol. The van der Waals surface area contributed by atoms with Crippen LogP contribution in [0, 0.1) is 0 Å². The standard InChI is InChI=1S/C14H21N3O2/c1-11(18)16-8-5-9-17-14(19)13(15)10-12-6-3-2-4-7-12/h2-4,6-7,13H,5,8-10,15H2,1H3,(H,16,18)(H,17,19)/t13-/m0/s1. The van der Waals surface area contributed by atoms with Crippen LogP contribution in [0.2, 0.25) is 0 Å². The quantitative estimate of drug-likeness (QED) is 0.614. The molecule has 4 N–H and O–H groups in total. The fourth-order valence-electron chi connectivity index (χ4n) is 1.66. The number of benzene rings is 1. The lowest BCUT2D eigenvalue weighted by Crippen LogP contribution is -2.42. The van der Waals surface area contributed by atoms with Gasteiger partial charge in [-0.2, -0.15) is 0 Å². The molecule has 0 heterocycles. The summed E-state index contributed by atoms with van der Waals surface area (Å²) in [7, 11) is 0. The van der Waals surface area contributed by atoms with Gasteiger partial charge in [-0.15, -0.1) is 0 Å². The fourth-order valence-corrected chi connectivity index (χ4v) is 1.66. The lowest BCUT2D eigenvalue weighted by molar-refractivity contribution is -0.122. The van der Waals surface area contributed by atoms with Crippen molar-refractivity contribution < 1.29 is 9.59 Å². The zero-order valence-corrected chi connectivity index (χ0v) is 11.2. The number of hydrogen-bond donors (Lipinski definition) is 3. The first-order valence-electron chi connectivity index (χ1n) is 6.41. The van der Waals surface area contributed by atoms with Crippen LogP contribution in [0.25, 0.3) is 0 Å². The Morgan fingerprint density at radius 2 is 1.79 bits per heavy atom. The molecule has 1 aromatic carbocycles. The van der Waals surface area contributed by atoms with Crippen molar-refractivity contribution in [2.75, 3.05) is 13.1 Å². The molecule has 19 heavy (non-hydrogen) atoms. The van der Waals surface area contributed by atoms with Crippen molar-refractivity contribution in [1.29, 1.82) is 0 Å². The van der Waals surface area contributed by atoms with Gasteiger partial charge in [0.25, 0.3) is 0 Å². The van der Waals surface area contributed by atoms with Crippen molar-refractivity contribution in [2.45, 2.75) is 25.8 Å². The zero-order chi connectivity index (χ0) is 14.1. The summed E-state index contributed by atoms with van der Waals surface area (Å²) in [5, 5.41) is 5.43. The first-order chi connectivity index (χ1) is 9.09. The van der Waals surface area contributed by atoms with Crippen molar-refractivity contribution in [2.24, 2.45) is 5.73 Å². The maximum Gasteiger partial charge on any atom is 0.237 e. The van der Waals surface area contributed by atoms with Crippen molar-refractivity contribution in [3.05, 3.63) is 35.9 Å². The van der Waals surface area contributed by atoms with E-state index in [0.29, 0.717) is 25.9 Å². The van der Waals surface area contributed by atoms with Crippen LogP contribution in [0.3, 0.4) is 0 Å². The predicted octanol–water partition coefficient (Wildman–Crippen LogP) is 0.199. The number of nitrogens with two attached hydrogens (primary N) is 1. The van der Waals surface area contributed by atoms with E-state index in [1.54, 1.807) is 0 Å². The lowest BCUT2D eigenvalue weighted by atomic mass is 10.1. The van der Waals surface area contributed by atoms with Gasteiger partial charge in [0.1, 0.15) is 0 Å². The van der Waals surface area contributed by atoms with E-state index in [-0.39, 0.29) is 11.8 Å². The van der Waals surface area contributed by atoms with Gasteiger partial charge in [0.2, 0.25) is 11.8 Å². The summed E-state index contributed by atoms with van der Waals surface area (Å²) in [5.74, 6) is -0.223. The van der Waals surface area contributed by atoms with Gasteiger partial charge in [-0.1, -0.05) is 30.3 Å². The number of carbonyl (C=O) groups excluding carboxylic acids is 2. The van der Waals surface area contributed by atoms with E-state index in [2.05, 4.69) is 10.6 Å². The van der Waals surface area contributed by atoms with Crippen LogP contribution in [0.5, 0.6) is 0 Å². The number of amides is 2. The van der Waals surface area contributed by atoms with E-state index in [0.717, 1.165) is 5.56 Å². The number of carbonyl (C=O) groups is 2. The second-order valence-electron chi connectivity index (χ2n) is 4.42. The fraction of sp³-hybridized carbons (Fsp3) is 0.429. The summed E-state index contributed by atoms with van der Waals surface area (Å²) in [6.45, 7) is 2.54. The van der Waals surface area contributed by atoms with Crippen molar-refractivity contribution in [3.63, 3.8) is 0 Å². The monoisotopic (exact) mass is 263 g/mol. The molecule has 0 fully saturated rings. The summed E-state index contributed by atoms with van der Waals surface area (Å²) in [6, 6.07) is 9.13. The minimum Gasteiger partial charge on any atom is -0.356 e. The molecule has 0 radical (unpaired) electrons. The van der Waals surface area contributed by atoms with Crippen molar-refractivity contribution in [1.82, 2.24) is 10.6 Å². The molecule has 0 aliphatic rings. The second kappa shape index (κ2) is 8.26. The van der Waals surface area contributed by atoms with Gasteiger partial charge in [-0.3, -0.25) is 9.59 Å². The zero-order valence-electron chi connectivity index (χ0n) is 11.2. The molecule has 5 heteroatoms. The number of nitrogens with one attached hydrogen (secondary N) is 2. The van der Waals surface area contributed by atoms with Crippen LogP contribution in [-0.4, -0.2) is 30.9 Å². The van der Waals surface area contributed by atoms with E-state index >= 15 is 0 Å². The Bertz CT molecular complexity index is 406. The minimum absolute atomic E-state index is 0.0629. The topological polar surface area (TPSA) is 84.2 Å². The third kappa shape index (κ3) is 6.57. The Balaban J connectivity index is 2.20. The average Bonchev–Trinajstić information content (AvgIpc) is 2.38. The van der Waals surface area contributed by atoms with Crippen LogP contribution in [0.1, 0.15) is 18.9 Å². The molecule has 0 saturated heterocycles. The van der Waals surface area contributed by atoms with E-state index in [4.69, 9.17) is 5.73 Å². The molecule has 0 unspecified atom stereocenters. The molecule has 2 amide bonds. The van der Waals surface area contributed by atoms with Crippen molar-refractivity contribution in [3.8, 4) is 0 Å². The van der Waals surface area contributed by atoms with E-state index in [9.17, 15) is 9.59 Å². The van der Waals surface area contributed by atoms with Crippen LogP contribution < -0.4 is 16.4 Å². The van der Waals surface area contributed by atoms with Gasteiger partial charge < -0.3 is 16.4 Å². The largest absolute Gasteiger partial charge is 0.356 e. The highest BCUT2D eigenvalue weighted by atomic mass is 16.2. The highest BCUT2D eigenvalue weighted by molar-refractivity contribution is 5.81. The highest BCUT2D eigenvalue weighted by Gasteiger charge is 2.12. The third-order valence-corrected chi connectivity index (χ3v) is 2.66. The molecule has 0 spiro atoms. The summed E-state index contributed by atoms with van der Waals surface area (Å²) >= 11 is 0. The molecule has 5 nitrogen and oxygen atoms in total. The Hall–Kier alpha value is -1.88. The molecule has 1 aromatic rings. The Morgan fingerprint density at radius 3 is 2.42 bits per heavy atom. The van der Waals surface area contributed by atoms with E-state index in [1.807, 2.05) is 30.3 Å². The van der Waals surface area contributed by atoms with Gasteiger partial charge in [-0.25, -0.2) is 0 Å². The molecule has 1 atom stereocenters. The first kappa shape index (κ1) is 15.2. The normalized spacial score (nSPS) is 11.7.